The summed E-state index contributed by atoms with van der Waals surface area (Å²) < 4.78 is 14.5. The molecule has 4 heteroatoms. The van der Waals surface area contributed by atoms with Gasteiger partial charge in [0.25, 0.3) is 0 Å². The molecule has 18 heavy (non-hydrogen) atoms. The summed E-state index contributed by atoms with van der Waals surface area (Å²) in [7, 11) is 0. The van der Waals surface area contributed by atoms with E-state index in [0.29, 0.717) is 12.6 Å². The number of likely N-dealkylation sites (tertiary alicyclic amines) is 1. The maximum Gasteiger partial charge on any atom is 0.127 e. The van der Waals surface area contributed by atoms with Crippen molar-refractivity contribution in [2.24, 2.45) is 0 Å². The van der Waals surface area contributed by atoms with Crippen LogP contribution >= 0.6 is 15.9 Å². The second kappa shape index (κ2) is 6.64. The smallest absolute Gasteiger partial charge is 0.127 e. The lowest BCUT2D eigenvalue weighted by Gasteiger charge is -2.31. The molecule has 1 aliphatic heterocycles. The van der Waals surface area contributed by atoms with Crippen LogP contribution in [0.15, 0.2) is 22.7 Å². The van der Waals surface area contributed by atoms with Crippen LogP contribution in [0.2, 0.25) is 0 Å². The molecule has 0 bridgehead atoms. The van der Waals surface area contributed by atoms with Crippen LogP contribution in [0.25, 0.3) is 0 Å². The van der Waals surface area contributed by atoms with Crippen LogP contribution in [0.4, 0.5) is 4.39 Å². The summed E-state index contributed by atoms with van der Waals surface area (Å²) in [4.78, 5) is 2.46. The van der Waals surface area contributed by atoms with E-state index in [1.807, 2.05) is 6.07 Å². The third kappa shape index (κ3) is 3.77. The highest BCUT2D eigenvalue weighted by molar-refractivity contribution is 9.10. The lowest BCUT2D eigenvalue weighted by Crippen LogP contribution is -2.42. The Bertz CT molecular complexity index is 389. The summed E-state index contributed by atoms with van der Waals surface area (Å²) in [6, 6.07) is 5.62. The van der Waals surface area contributed by atoms with Gasteiger partial charge in [-0.25, -0.2) is 4.39 Å². The molecule has 0 aromatic heterocycles. The van der Waals surface area contributed by atoms with E-state index in [2.05, 4.69) is 33.1 Å². The number of nitrogens with zero attached hydrogens (tertiary/aromatic N) is 1. The lowest BCUT2D eigenvalue weighted by molar-refractivity contribution is 0.205. The quantitative estimate of drug-likeness (QED) is 0.918. The molecule has 100 valence electrons. The van der Waals surface area contributed by atoms with E-state index in [-0.39, 0.29) is 5.82 Å². The van der Waals surface area contributed by atoms with Crippen molar-refractivity contribution in [3.05, 3.63) is 34.1 Å². The molecule has 1 heterocycles. The minimum atomic E-state index is -0.128. The number of benzene rings is 1. The van der Waals surface area contributed by atoms with Crippen molar-refractivity contribution in [2.75, 3.05) is 19.6 Å². The fourth-order valence-electron chi connectivity index (χ4n) is 2.39. The summed E-state index contributed by atoms with van der Waals surface area (Å²) in [6.07, 6.45) is 2.31. The molecule has 1 saturated heterocycles. The number of hydrogen-bond donors (Lipinski definition) is 1. The van der Waals surface area contributed by atoms with Crippen molar-refractivity contribution in [2.45, 2.75) is 32.4 Å². The summed E-state index contributed by atoms with van der Waals surface area (Å²) in [5.41, 5.74) is 0.738. The van der Waals surface area contributed by atoms with Crippen molar-refractivity contribution in [1.82, 2.24) is 10.2 Å². The first-order valence-corrected chi connectivity index (χ1v) is 7.38. The predicted octanol–water partition coefficient (Wildman–Crippen LogP) is 3.16. The van der Waals surface area contributed by atoms with E-state index in [1.54, 1.807) is 6.07 Å². The van der Waals surface area contributed by atoms with Crippen molar-refractivity contribution >= 4 is 15.9 Å². The van der Waals surface area contributed by atoms with Gasteiger partial charge in [0, 0.05) is 22.6 Å². The Balaban J connectivity index is 1.83. The molecule has 0 atom stereocenters. The van der Waals surface area contributed by atoms with Crippen molar-refractivity contribution < 1.29 is 4.39 Å². The van der Waals surface area contributed by atoms with Crippen LogP contribution in [-0.2, 0) is 6.54 Å². The zero-order valence-electron chi connectivity index (χ0n) is 10.8. The standard InChI is InChI=1S/C14H20BrFN2/c1-2-18-7-5-13(6-8-18)17-10-11-9-12(15)3-4-14(11)16/h3-4,9,13,17H,2,5-8,10H2,1H3. The van der Waals surface area contributed by atoms with Crippen LogP contribution in [0.1, 0.15) is 25.3 Å². The van der Waals surface area contributed by atoms with Crippen LogP contribution < -0.4 is 5.32 Å². The Kier molecular flexibility index (Phi) is 5.15. The van der Waals surface area contributed by atoms with E-state index in [9.17, 15) is 4.39 Å². The Morgan fingerprint density at radius 3 is 2.78 bits per heavy atom. The normalized spacial score (nSPS) is 18.2. The van der Waals surface area contributed by atoms with Crippen molar-refractivity contribution in [3.63, 3.8) is 0 Å². The van der Waals surface area contributed by atoms with Gasteiger partial charge in [-0.1, -0.05) is 22.9 Å². The van der Waals surface area contributed by atoms with Crippen molar-refractivity contribution in [3.8, 4) is 0 Å². The third-order valence-electron chi connectivity index (χ3n) is 3.62. The Morgan fingerprint density at radius 1 is 1.39 bits per heavy atom. The number of rotatable bonds is 4. The molecular weight excluding hydrogens is 295 g/mol. The molecule has 1 aliphatic rings. The topological polar surface area (TPSA) is 15.3 Å². The molecule has 0 radical (unpaired) electrons. The number of hydrogen-bond acceptors (Lipinski definition) is 2. The van der Waals surface area contributed by atoms with Gasteiger partial charge in [0.05, 0.1) is 0 Å². The minimum Gasteiger partial charge on any atom is -0.310 e. The maximum absolute atomic E-state index is 13.6. The van der Waals surface area contributed by atoms with Crippen LogP contribution in [0.3, 0.4) is 0 Å². The fourth-order valence-corrected chi connectivity index (χ4v) is 2.79. The third-order valence-corrected chi connectivity index (χ3v) is 4.12. The Hall–Kier alpha value is -0.450. The average Bonchev–Trinajstić information content (AvgIpc) is 2.40. The first kappa shape index (κ1) is 14.0. The summed E-state index contributed by atoms with van der Waals surface area (Å²) >= 11 is 3.38. The number of nitrogens with one attached hydrogen (secondary N) is 1. The minimum absolute atomic E-state index is 0.128. The van der Waals surface area contributed by atoms with Gasteiger partial charge < -0.3 is 10.2 Å². The molecule has 1 aromatic rings. The molecule has 2 rings (SSSR count). The molecular formula is C14H20BrFN2. The van der Waals surface area contributed by atoms with Gasteiger partial charge >= 0.3 is 0 Å². The average molecular weight is 315 g/mol. The van der Waals surface area contributed by atoms with Gasteiger partial charge in [-0.05, 0) is 50.7 Å². The van der Waals surface area contributed by atoms with E-state index in [0.717, 1.165) is 42.5 Å². The SMILES string of the molecule is CCN1CCC(NCc2cc(Br)ccc2F)CC1. The second-order valence-corrected chi connectivity index (χ2v) is 5.74. The van der Waals surface area contributed by atoms with E-state index in [1.165, 1.54) is 6.07 Å². The molecule has 0 amide bonds. The number of piperidine rings is 1. The van der Waals surface area contributed by atoms with Gasteiger partial charge in [-0.15, -0.1) is 0 Å². The van der Waals surface area contributed by atoms with Crippen molar-refractivity contribution in [1.29, 1.82) is 0 Å². The maximum atomic E-state index is 13.6. The highest BCUT2D eigenvalue weighted by Crippen LogP contribution is 2.16. The van der Waals surface area contributed by atoms with Gasteiger partial charge in [-0.3, -0.25) is 0 Å². The molecule has 0 spiro atoms. The fraction of sp³-hybridized carbons (Fsp3) is 0.571. The molecule has 1 aromatic carbocycles. The molecule has 0 aliphatic carbocycles. The van der Waals surface area contributed by atoms with Gasteiger partial charge in [0.2, 0.25) is 0 Å². The summed E-state index contributed by atoms with van der Waals surface area (Å²) in [5, 5.41) is 3.46. The first-order valence-electron chi connectivity index (χ1n) is 6.58. The van der Waals surface area contributed by atoms with Crippen LogP contribution in [-0.4, -0.2) is 30.6 Å². The Labute approximate surface area is 117 Å². The zero-order valence-corrected chi connectivity index (χ0v) is 12.3. The van der Waals surface area contributed by atoms with Gasteiger partial charge in [0.15, 0.2) is 0 Å². The lowest BCUT2D eigenvalue weighted by atomic mass is 10.0. The number of halogens is 2. The Morgan fingerprint density at radius 2 is 2.11 bits per heavy atom. The monoisotopic (exact) mass is 314 g/mol. The second-order valence-electron chi connectivity index (χ2n) is 4.83. The van der Waals surface area contributed by atoms with Crippen LogP contribution in [0, 0.1) is 5.82 Å². The van der Waals surface area contributed by atoms with Crippen LogP contribution in [0.5, 0.6) is 0 Å². The zero-order chi connectivity index (χ0) is 13.0. The molecule has 0 saturated carbocycles. The summed E-state index contributed by atoms with van der Waals surface area (Å²) in [6.45, 7) is 6.24. The van der Waals surface area contributed by atoms with E-state index >= 15 is 0 Å². The molecule has 2 nitrogen and oxygen atoms in total. The van der Waals surface area contributed by atoms with E-state index < -0.39 is 0 Å². The van der Waals surface area contributed by atoms with E-state index in [4.69, 9.17) is 0 Å². The largest absolute Gasteiger partial charge is 0.310 e. The first-order chi connectivity index (χ1) is 8.69. The molecule has 1 fully saturated rings. The summed E-state index contributed by atoms with van der Waals surface area (Å²) in [5.74, 6) is -0.128. The molecule has 0 unspecified atom stereocenters. The van der Waals surface area contributed by atoms with Gasteiger partial charge in [-0.2, -0.15) is 0 Å². The predicted molar refractivity (Wildman–Crippen MR) is 76.1 cm³/mol. The molecule has 1 N–H and O–H groups in total. The highest BCUT2D eigenvalue weighted by atomic mass is 79.9. The highest BCUT2D eigenvalue weighted by Gasteiger charge is 2.17. The van der Waals surface area contributed by atoms with Gasteiger partial charge in [0.1, 0.15) is 5.82 Å².